The number of para-hydroxylation sites is 1. The zero-order chi connectivity index (χ0) is 20.4. The Labute approximate surface area is 167 Å². The van der Waals surface area contributed by atoms with Gasteiger partial charge in [0.05, 0.1) is 23.4 Å². The summed E-state index contributed by atoms with van der Waals surface area (Å²) in [5.74, 6) is -0.0980. The van der Waals surface area contributed by atoms with Gasteiger partial charge in [0.15, 0.2) is 0 Å². The lowest BCUT2D eigenvalue weighted by Gasteiger charge is -2.26. The highest BCUT2D eigenvalue weighted by Gasteiger charge is 2.19. The van der Waals surface area contributed by atoms with Gasteiger partial charge in [-0.2, -0.15) is 10.2 Å². The van der Waals surface area contributed by atoms with Gasteiger partial charge in [-0.05, 0) is 36.8 Å². The van der Waals surface area contributed by atoms with Crippen LogP contribution >= 0.6 is 0 Å². The number of carbonyl (C=O) groups excluding carboxylic acids is 1. The van der Waals surface area contributed by atoms with Crippen LogP contribution in [0.4, 0.5) is 0 Å². The lowest BCUT2D eigenvalue weighted by molar-refractivity contribution is -0.132. The summed E-state index contributed by atoms with van der Waals surface area (Å²) in [5, 5.41) is 8.80. The predicted octanol–water partition coefficient (Wildman–Crippen LogP) is 2.20. The topological polar surface area (TPSA) is 85.9 Å². The highest BCUT2D eigenvalue weighted by Crippen LogP contribution is 2.21. The molecule has 29 heavy (non-hydrogen) atoms. The first-order chi connectivity index (χ1) is 14.0. The van der Waals surface area contributed by atoms with Crippen LogP contribution < -0.4 is 5.43 Å². The van der Waals surface area contributed by atoms with Crippen molar-refractivity contribution < 1.29 is 4.79 Å². The fourth-order valence-electron chi connectivity index (χ4n) is 3.21. The van der Waals surface area contributed by atoms with Crippen LogP contribution in [-0.4, -0.2) is 42.4 Å². The molecule has 146 valence electrons. The van der Waals surface area contributed by atoms with E-state index in [1.165, 1.54) is 12.5 Å². The number of likely N-dealkylation sites (N-methyl/N-ethyl adjacent to an activating group) is 1. The molecule has 0 bridgehead atoms. The van der Waals surface area contributed by atoms with Crippen molar-refractivity contribution in [3.63, 3.8) is 0 Å². The van der Waals surface area contributed by atoms with Crippen molar-refractivity contribution in [3.05, 3.63) is 83.2 Å². The molecule has 0 saturated carbocycles. The molecule has 0 spiro atoms. The molecule has 0 aliphatic heterocycles. The monoisotopic (exact) mass is 388 g/mol. The highest BCUT2D eigenvalue weighted by molar-refractivity contribution is 5.81. The maximum Gasteiger partial charge on any atom is 0.244 e. The van der Waals surface area contributed by atoms with Crippen LogP contribution in [0.1, 0.15) is 18.5 Å². The number of amides is 1. The van der Waals surface area contributed by atoms with E-state index >= 15 is 0 Å². The molecule has 0 unspecified atom stereocenters. The fourth-order valence-corrected chi connectivity index (χ4v) is 3.21. The summed E-state index contributed by atoms with van der Waals surface area (Å²) in [7, 11) is 1.77. The number of aromatic nitrogens is 5. The summed E-state index contributed by atoms with van der Waals surface area (Å²) in [6.07, 6.45) is 4.37. The van der Waals surface area contributed by atoms with Crippen molar-refractivity contribution in [1.82, 2.24) is 29.4 Å². The zero-order valence-electron chi connectivity index (χ0n) is 16.1. The quantitative estimate of drug-likeness (QED) is 0.523. The Kier molecular flexibility index (Phi) is 4.90. The normalized spacial score (nSPS) is 12.1. The van der Waals surface area contributed by atoms with Crippen molar-refractivity contribution in [1.29, 1.82) is 0 Å². The molecule has 2 aromatic heterocycles. The molecule has 2 aromatic carbocycles. The van der Waals surface area contributed by atoms with Crippen LogP contribution in [0.25, 0.3) is 16.6 Å². The van der Waals surface area contributed by atoms with E-state index in [1.807, 2.05) is 37.3 Å². The Hall–Kier alpha value is -3.81. The lowest BCUT2D eigenvalue weighted by atomic mass is 10.1. The first-order valence-corrected chi connectivity index (χ1v) is 9.20. The summed E-state index contributed by atoms with van der Waals surface area (Å²) in [5.41, 5.74) is 2.39. The maximum absolute atomic E-state index is 12.9. The molecule has 4 rings (SSSR count). The van der Waals surface area contributed by atoms with E-state index in [2.05, 4.69) is 15.2 Å². The number of nitrogens with zero attached hydrogens (tertiary/aromatic N) is 6. The van der Waals surface area contributed by atoms with Gasteiger partial charge in [-0.15, -0.1) is 0 Å². The largest absolute Gasteiger partial charge is 0.337 e. The predicted molar refractivity (Wildman–Crippen MR) is 109 cm³/mol. The summed E-state index contributed by atoms with van der Waals surface area (Å²) < 4.78 is 3.24. The minimum Gasteiger partial charge on any atom is -0.337 e. The first kappa shape index (κ1) is 18.5. The number of carbonyl (C=O) groups is 1. The SMILES string of the molecule is C[C@@H](c1ccc(-n2cncn2)cc1)N(C)C(=O)Cn1ncc(=O)c2ccccc21. The number of hydrogen-bond acceptors (Lipinski definition) is 5. The second-order valence-corrected chi connectivity index (χ2v) is 6.80. The third kappa shape index (κ3) is 3.64. The van der Waals surface area contributed by atoms with Crippen LogP contribution in [0.5, 0.6) is 0 Å². The average Bonchev–Trinajstić information content (AvgIpc) is 3.30. The molecule has 4 aromatic rings. The number of hydrogen-bond donors (Lipinski definition) is 0. The molecule has 0 aliphatic carbocycles. The number of benzene rings is 2. The average molecular weight is 388 g/mol. The van der Waals surface area contributed by atoms with Crippen LogP contribution in [0.2, 0.25) is 0 Å². The van der Waals surface area contributed by atoms with E-state index in [1.54, 1.807) is 45.8 Å². The second-order valence-electron chi connectivity index (χ2n) is 6.80. The van der Waals surface area contributed by atoms with Gasteiger partial charge in [-0.1, -0.05) is 24.3 Å². The van der Waals surface area contributed by atoms with Crippen molar-refractivity contribution >= 4 is 16.8 Å². The van der Waals surface area contributed by atoms with Gasteiger partial charge in [0, 0.05) is 12.4 Å². The van der Waals surface area contributed by atoms with Crippen molar-refractivity contribution in [2.45, 2.75) is 19.5 Å². The molecule has 8 nitrogen and oxygen atoms in total. The minimum absolute atomic E-state index is 0.0542. The molecule has 0 fully saturated rings. The van der Waals surface area contributed by atoms with Gasteiger partial charge in [-0.3, -0.25) is 14.3 Å². The van der Waals surface area contributed by atoms with E-state index in [0.717, 1.165) is 11.3 Å². The summed E-state index contributed by atoms with van der Waals surface area (Å²) in [6.45, 7) is 2.03. The molecule has 8 heteroatoms. The standard InChI is InChI=1S/C21H20N6O2/c1-15(16-7-9-17(10-8-16)27-14-22-13-24-27)25(2)21(29)12-26-19-6-4-3-5-18(19)20(28)11-23-26/h3-11,13-15H,12H2,1-2H3/t15-/m0/s1. The van der Waals surface area contributed by atoms with Crippen LogP contribution in [0.15, 0.2) is 72.2 Å². The Balaban J connectivity index is 1.52. The lowest BCUT2D eigenvalue weighted by Crippen LogP contribution is -2.33. The van der Waals surface area contributed by atoms with E-state index in [0.29, 0.717) is 10.9 Å². The highest BCUT2D eigenvalue weighted by atomic mass is 16.2. The fraction of sp³-hybridized carbons (Fsp3) is 0.190. The van der Waals surface area contributed by atoms with E-state index in [4.69, 9.17) is 0 Å². The van der Waals surface area contributed by atoms with Gasteiger partial charge < -0.3 is 4.90 Å². The van der Waals surface area contributed by atoms with Crippen LogP contribution in [0, 0.1) is 0 Å². The number of rotatable bonds is 5. The molecule has 2 heterocycles. The Morgan fingerprint density at radius 1 is 1.10 bits per heavy atom. The molecular weight excluding hydrogens is 368 g/mol. The molecule has 1 amide bonds. The third-order valence-electron chi connectivity index (χ3n) is 5.08. The molecule has 0 aliphatic rings. The van der Waals surface area contributed by atoms with E-state index < -0.39 is 0 Å². The van der Waals surface area contributed by atoms with Gasteiger partial charge in [-0.25, -0.2) is 9.67 Å². The van der Waals surface area contributed by atoms with E-state index in [9.17, 15) is 9.59 Å². The first-order valence-electron chi connectivity index (χ1n) is 9.20. The third-order valence-corrected chi connectivity index (χ3v) is 5.08. The van der Waals surface area contributed by atoms with Gasteiger partial charge in [0.2, 0.25) is 11.3 Å². The minimum atomic E-state index is -0.154. The van der Waals surface area contributed by atoms with E-state index in [-0.39, 0.29) is 23.9 Å². The Bertz CT molecular complexity index is 1200. The van der Waals surface area contributed by atoms with Crippen molar-refractivity contribution in [3.8, 4) is 5.69 Å². The molecule has 0 saturated heterocycles. The second kappa shape index (κ2) is 7.67. The summed E-state index contributed by atoms with van der Waals surface area (Å²) in [4.78, 5) is 30.5. The maximum atomic E-state index is 12.9. The zero-order valence-corrected chi connectivity index (χ0v) is 16.1. The molecule has 0 radical (unpaired) electrons. The number of fused-ring (bicyclic) bond motifs is 1. The Morgan fingerprint density at radius 2 is 1.86 bits per heavy atom. The van der Waals surface area contributed by atoms with Gasteiger partial charge in [0.1, 0.15) is 19.2 Å². The van der Waals surface area contributed by atoms with Gasteiger partial charge >= 0.3 is 0 Å². The molecular formula is C21H20N6O2. The van der Waals surface area contributed by atoms with Gasteiger partial charge in [0.25, 0.3) is 0 Å². The van der Waals surface area contributed by atoms with Crippen molar-refractivity contribution in [2.75, 3.05) is 7.05 Å². The molecule has 1 atom stereocenters. The van der Waals surface area contributed by atoms with Crippen LogP contribution in [0.3, 0.4) is 0 Å². The Morgan fingerprint density at radius 3 is 2.59 bits per heavy atom. The summed E-state index contributed by atoms with van der Waals surface area (Å²) in [6, 6.07) is 14.9. The summed E-state index contributed by atoms with van der Waals surface area (Å²) >= 11 is 0. The van der Waals surface area contributed by atoms with Crippen molar-refractivity contribution in [2.24, 2.45) is 0 Å². The van der Waals surface area contributed by atoms with Crippen LogP contribution in [-0.2, 0) is 11.3 Å². The molecule has 0 N–H and O–H groups in total. The smallest absolute Gasteiger partial charge is 0.244 e.